The number of carbonyl (C=O) groups is 1. The predicted octanol–water partition coefficient (Wildman–Crippen LogP) is 2.76. The van der Waals surface area contributed by atoms with Crippen LogP contribution in [0.5, 0.6) is 5.75 Å². The lowest BCUT2D eigenvalue weighted by Gasteiger charge is -2.21. The zero-order valence-electron chi connectivity index (χ0n) is 13.3. The van der Waals surface area contributed by atoms with Gasteiger partial charge in [0.05, 0.1) is 12.8 Å². The fourth-order valence-corrected chi connectivity index (χ4v) is 2.99. The third-order valence-electron chi connectivity index (χ3n) is 4.27. The number of para-hydroxylation sites is 2. The maximum Gasteiger partial charge on any atom is 0.261 e. The van der Waals surface area contributed by atoms with Crippen LogP contribution in [0.2, 0.25) is 0 Å². The summed E-state index contributed by atoms with van der Waals surface area (Å²) in [6.45, 7) is 2.18. The number of anilines is 1. The van der Waals surface area contributed by atoms with Crippen molar-refractivity contribution in [2.24, 2.45) is 5.92 Å². The Morgan fingerprint density at radius 2 is 2.13 bits per heavy atom. The first-order valence-electron chi connectivity index (χ1n) is 7.78. The van der Waals surface area contributed by atoms with Gasteiger partial charge in [-0.3, -0.25) is 9.59 Å². The molecular formula is C18H20N2O3. The average molecular weight is 312 g/mol. The summed E-state index contributed by atoms with van der Waals surface area (Å²) in [5, 5.41) is 2.75. The topological polar surface area (TPSA) is 71.2 Å². The van der Waals surface area contributed by atoms with Crippen molar-refractivity contribution in [3.63, 3.8) is 0 Å². The number of nitrogens with one attached hydrogen (secondary N) is 2. The van der Waals surface area contributed by atoms with Crippen molar-refractivity contribution in [2.45, 2.75) is 26.2 Å². The Bertz CT molecular complexity index is 795. The van der Waals surface area contributed by atoms with Gasteiger partial charge in [0.15, 0.2) is 0 Å². The summed E-state index contributed by atoms with van der Waals surface area (Å²) < 4.78 is 5.22. The average Bonchev–Trinajstić information content (AvgIpc) is 2.55. The summed E-state index contributed by atoms with van der Waals surface area (Å²) in [5.41, 5.74) is 2.37. The van der Waals surface area contributed by atoms with E-state index in [0.717, 1.165) is 30.5 Å². The highest BCUT2D eigenvalue weighted by atomic mass is 16.5. The second-order valence-electron chi connectivity index (χ2n) is 6.02. The standard InChI is InChI=1S/C18H20N2O3/c1-11-7-8-14-12(9-11)10-13(17(21)19-14)18(22)20-15-5-3-4-6-16(15)23-2/h3-6,10-11H,7-9H2,1-2H3,(H,19,21)(H,20,22)/t11-/m0/s1. The number of pyridine rings is 1. The molecule has 3 rings (SSSR count). The summed E-state index contributed by atoms with van der Waals surface area (Å²) in [5.74, 6) is 0.708. The van der Waals surface area contributed by atoms with Crippen molar-refractivity contribution in [1.29, 1.82) is 0 Å². The van der Waals surface area contributed by atoms with Crippen molar-refractivity contribution in [2.75, 3.05) is 12.4 Å². The van der Waals surface area contributed by atoms with Crippen LogP contribution in [0.3, 0.4) is 0 Å². The van der Waals surface area contributed by atoms with E-state index < -0.39 is 5.91 Å². The summed E-state index contributed by atoms with van der Waals surface area (Å²) in [6.07, 6.45) is 2.82. The van der Waals surface area contributed by atoms with Crippen LogP contribution in [0.15, 0.2) is 35.1 Å². The number of H-pyrrole nitrogens is 1. The molecular weight excluding hydrogens is 292 g/mol. The Morgan fingerprint density at radius 3 is 2.91 bits per heavy atom. The maximum atomic E-state index is 12.5. The zero-order chi connectivity index (χ0) is 16.4. The number of hydrogen-bond acceptors (Lipinski definition) is 3. The molecule has 0 aliphatic heterocycles. The van der Waals surface area contributed by atoms with Gasteiger partial charge in [-0.15, -0.1) is 0 Å². The minimum atomic E-state index is -0.420. The molecule has 1 aliphatic rings. The fraction of sp³-hybridized carbons (Fsp3) is 0.333. The van der Waals surface area contributed by atoms with Crippen LogP contribution >= 0.6 is 0 Å². The van der Waals surface area contributed by atoms with Crippen molar-refractivity contribution < 1.29 is 9.53 Å². The lowest BCUT2D eigenvalue weighted by molar-refractivity contribution is 0.102. The third-order valence-corrected chi connectivity index (χ3v) is 4.27. The summed E-state index contributed by atoms with van der Waals surface area (Å²) in [4.78, 5) is 27.6. The monoisotopic (exact) mass is 312 g/mol. The van der Waals surface area contributed by atoms with Crippen molar-refractivity contribution >= 4 is 11.6 Å². The van der Waals surface area contributed by atoms with Gasteiger partial charge in [-0.2, -0.15) is 0 Å². The van der Waals surface area contributed by atoms with Gasteiger partial charge in [0, 0.05) is 5.69 Å². The van der Waals surface area contributed by atoms with Crippen molar-refractivity contribution in [1.82, 2.24) is 4.98 Å². The molecule has 0 spiro atoms. The normalized spacial score (nSPS) is 16.5. The summed E-state index contributed by atoms with van der Waals surface area (Å²) in [6, 6.07) is 8.85. The van der Waals surface area contributed by atoms with E-state index in [1.165, 1.54) is 7.11 Å². The molecule has 1 aromatic carbocycles. The summed E-state index contributed by atoms with van der Waals surface area (Å²) in [7, 11) is 1.54. The number of rotatable bonds is 3. The number of hydrogen-bond donors (Lipinski definition) is 2. The molecule has 1 aliphatic carbocycles. The second-order valence-corrected chi connectivity index (χ2v) is 6.02. The Balaban J connectivity index is 1.91. The van der Waals surface area contributed by atoms with E-state index in [0.29, 0.717) is 17.4 Å². The van der Waals surface area contributed by atoms with Gasteiger partial charge in [0.1, 0.15) is 11.3 Å². The molecule has 120 valence electrons. The molecule has 0 saturated carbocycles. The molecule has 1 aromatic heterocycles. The van der Waals surface area contributed by atoms with Gasteiger partial charge in [0.25, 0.3) is 11.5 Å². The number of carbonyl (C=O) groups excluding carboxylic acids is 1. The number of fused-ring (bicyclic) bond motifs is 1. The van der Waals surface area contributed by atoms with Gasteiger partial charge >= 0.3 is 0 Å². The van der Waals surface area contributed by atoms with E-state index in [4.69, 9.17) is 4.74 Å². The number of amides is 1. The SMILES string of the molecule is COc1ccccc1NC(=O)c1cc2c([nH]c1=O)CC[C@H](C)C2. The Labute approximate surface area is 134 Å². The minimum absolute atomic E-state index is 0.142. The van der Waals surface area contributed by atoms with Gasteiger partial charge in [-0.25, -0.2) is 0 Å². The molecule has 1 atom stereocenters. The summed E-state index contributed by atoms with van der Waals surface area (Å²) >= 11 is 0. The molecule has 0 fully saturated rings. The van der Waals surface area contributed by atoms with Crippen LogP contribution in [-0.2, 0) is 12.8 Å². The number of aryl methyl sites for hydroxylation is 1. The van der Waals surface area contributed by atoms with E-state index in [2.05, 4.69) is 17.2 Å². The first kappa shape index (κ1) is 15.3. The molecule has 0 saturated heterocycles. The van der Waals surface area contributed by atoms with Crippen LogP contribution in [0, 0.1) is 5.92 Å². The molecule has 1 heterocycles. The van der Waals surface area contributed by atoms with Crippen LogP contribution in [-0.4, -0.2) is 18.0 Å². The molecule has 5 nitrogen and oxygen atoms in total. The lowest BCUT2D eigenvalue weighted by atomic mass is 9.87. The van der Waals surface area contributed by atoms with Crippen LogP contribution in [0.25, 0.3) is 0 Å². The van der Waals surface area contributed by atoms with Crippen LogP contribution in [0.4, 0.5) is 5.69 Å². The third kappa shape index (κ3) is 3.13. The lowest BCUT2D eigenvalue weighted by Crippen LogP contribution is -2.27. The van der Waals surface area contributed by atoms with Crippen LogP contribution in [0.1, 0.15) is 35.0 Å². The quantitative estimate of drug-likeness (QED) is 0.915. The first-order valence-corrected chi connectivity index (χ1v) is 7.78. The first-order chi connectivity index (χ1) is 11.1. The van der Waals surface area contributed by atoms with E-state index in [1.54, 1.807) is 24.3 Å². The fourth-order valence-electron chi connectivity index (χ4n) is 2.99. The number of benzene rings is 1. The van der Waals surface area contributed by atoms with Crippen molar-refractivity contribution in [3.05, 3.63) is 57.5 Å². The molecule has 1 amide bonds. The highest BCUT2D eigenvalue weighted by molar-refractivity contribution is 6.04. The molecule has 23 heavy (non-hydrogen) atoms. The van der Waals surface area contributed by atoms with Crippen LogP contribution < -0.4 is 15.6 Å². The van der Waals surface area contributed by atoms with Gasteiger partial charge in [0.2, 0.25) is 0 Å². The highest BCUT2D eigenvalue weighted by Gasteiger charge is 2.20. The molecule has 0 radical (unpaired) electrons. The molecule has 2 aromatic rings. The molecule has 2 N–H and O–H groups in total. The van der Waals surface area contributed by atoms with E-state index in [1.807, 2.05) is 6.07 Å². The zero-order valence-corrected chi connectivity index (χ0v) is 13.3. The van der Waals surface area contributed by atoms with Gasteiger partial charge < -0.3 is 15.0 Å². The largest absolute Gasteiger partial charge is 0.495 e. The Hall–Kier alpha value is -2.56. The Kier molecular flexibility index (Phi) is 4.19. The second kappa shape index (κ2) is 6.28. The number of methoxy groups -OCH3 is 1. The van der Waals surface area contributed by atoms with E-state index in [9.17, 15) is 9.59 Å². The molecule has 0 unspecified atom stereocenters. The molecule has 0 bridgehead atoms. The maximum absolute atomic E-state index is 12.5. The minimum Gasteiger partial charge on any atom is -0.495 e. The molecule has 5 heteroatoms. The number of aromatic amines is 1. The predicted molar refractivity (Wildman–Crippen MR) is 89.2 cm³/mol. The smallest absolute Gasteiger partial charge is 0.261 e. The van der Waals surface area contributed by atoms with Crippen molar-refractivity contribution in [3.8, 4) is 5.75 Å². The number of aromatic nitrogens is 1. The van der Waals surface area contributed by atoms with E-state index in [-0.39, 0.29) is 11.1 Å². The van der Waals surface area contributed by atoms with E-state index >= 15 is 0 Å². The van der Waals surface area contributed by atoms with Gasteiger partial charge in [-0.1, -0.05) is 19.1 Å². The van der Waals surface area contributed by atoms with Gasteiger partial charge in [-0.05, 0) is 48.9 Å². The number of ether oxygens (including phenoxy) is 1. The Morgan fingerprint density at radius 1 is 1.35 bits per heavy atom. The highest BCUT2D eigenvalue weighted by Crippen LogP contribution is 2.25.